The lowest BCUT2D eigenvalue weighted by Gasteiger charge is -2.22. The molecular formula is C17H23ClN2O2. The van der Waals surface area contributed by atoms with Crippen molar-refractivity contribution in [2.75, 3.05) is 26.7 Å². The molecule has 1 aromatic rings. The van der Waals surface area contributed by atoms with E-state index in [9.17, 15) is 9.59 Å². The molecule has 0 spiro atoms. The van der Waals surface area contributed by atoms with E-state index < -0.39 is 0 Å². The predicted octanol–water partition coefficient (Wildman–Crippen LogP) is 2.99. The van der Waals surface area contributed by atoms with Crippen molar-refractivity contribution in [3.05, 3.63) is 40.4 Å². The third-order valence-electron chi connectivity index (χ3n) is 3.48. The fourth-order valence-electron chi connectivity index (χ4n) is 1.96. The Balaban J connectivity index is 2.65. The molecule has 22 heavy (non-hydrogen) atoms. The molecule has 0 aliphatic heterocycles. The molecule has 0 saturated heterocycles. The first-order chi connectivity index (χ1) is 10.4. The summed E-state index contributed by atoms with van der Waals surface area (Å²) in [5.41, 5.74) is 1.85. The quantitative estimate of drug-likeness (QED) is 0.755. The number of likely N-dealkylation sites (N-methyl/N-ethyl adjacent to an activating group) is 2. The molecule has 1 aromatic carbocycles. The van der Waals surface area contributed by atoms with Crippen LogP contribution in [0.25, 0.3) is 6.08 Å². The number of carbonyl (C=O) groups excluding carboxylic acids is 2. The minimum Gasteiger partial charge on any atom is -0.342 e. The van der Waals surface area contributed by atoms with Gasteiger partial charge in [-0.2, -0.15) is 0 Å². The van der Waals surface area contributed by atoms with Gasteiger partial charge in [0.2, 0.25) is 11.8 Å². The van der Waals surface area contributed by atoms with Crippen molar-refractivity contribution in [3.8, 4) is 0 Å². The van der Waals surface area contributed by atoms with E-state index in [-0.39, 0.29) is 18.4 Å². The van der Waals surface area contributed by atoms with Gasteiger partial charge in [-0.1, -0.05) is 23.7 Å². The highest BCUT2D eigenvalue weighted by Gasteiger charge is 2.14. The zero-order chi connectivity index (χ0) is 16.7. The Morgan fingerprint density at radius 3 is 2.41 bits per heavy atom. The molecule has 0 saturated carbocycles. The van der Waals surface area contributed by atoms with Crippen LogP contribution in [0.1, 0.15) is 25.0 Å². The maximum absolute atomic E-state index is 12.0. The number of aryl methyl sites for hydroxylation is 1. The largest absolute Gasteiger partial charge is 0.342 e. The van der Waals surface area contributed by atoms with Gasteiger partial charge in [0.15, 0.2) is 0 Å². The number of nitrogens with zero attached hydrogens (tertiary/aromatic N) is 2. The molecular weight excluding hydrogens is 300 g/mol. The van der Waals surface area contributed by atoms with Gasteiger partial charge in [-0.25, -0.2) is 0 Å². The Morgan fingerprint density at radius 2 is 1.86 bits per heavy atom. The van der Waals surface area contributed by atoms with Crippen molar-refractivity contribution >= 4 is 29.5 Å². The second-order valence-electron chi connectivity index (χ2n) is 5.10. The molecule has 0 aliphatic rings. The van der Waals surface area contributed by atoms with Crippen molar-refractivity contribution < 1.29 is 9.59 Å². The van der Waals surface area contributed by atoms with E-state index in [4.69, 9.17) is 11.6 Å². The molecule has 2 amide bonds. The smallest absolute Gasteiger partial charge is 0.246 e. The lowest BCUT2D eigenvalue weighted by molar-refractivity contribution is -0.136. The lowest BCUT2D eigenvalue weighted by atomic mass is 10.1. The van der Waals surface area contributed by atoms with Crippen LogP contribution in [0.3, 0.4) is 0 Å². The van der Waals surface area contributed by atoms with Crippen LogP contribution in [0.4, 0.5) is 0 Å². The van der Waals surface area contributed by atoms with Crippen molar-refractivity contribution in [2.24, 2.45) is 0 Å². The fraction of sp³-hybridized carbons (Fsp3) is 0.412. The van der Waals surface area contributed by atoms with Crippen LogP contribution in [0.15, 0.2) is 24.3 Å². The third kappa shape index (κ3) is 5.19. The van der Waals surface area contributed by atoms with Crippen LogP contribution in [-0.2, 0) is 9.59 Å². The van der Waals surface area contributed by atoms with Crippen molar-refractivity contribution in [2.45, 2.75) is 20.8 Å². The van der Waals surface area contributed by atoms with Gasteiger partial charge < -0.3 is 9.80 Å². The average Bonchev–Trinajstić information content (AvgIpc) is 2.49. The first kappa shape index (κ1) is 18.2. The first-order valence-electron chi connectivity index (χ1n) is 7.36. The standard InChI is InChI=1S/C17H23ClN2O2/c1-5-20(6-2)17(22)12-19(4)16(21)10-9-14-8-7-13(3)15(18)11-14/h7-11H,5-6,12H2,1-4H3/b10-9+. The summed E-state index contributed by atoms with van der Waals surface area (Å²) >= 11 is 6.05. The maximum Gasteiger partial charge on any atom is 0.246 e. The Morgan fingerprint density at radius 1 is 1.23 bits per heavy atom. The normalized spacial score (nSPS) is 10.8. The minimum absolute atomic E-state index is 0.0485. The highest BCUT2D eigenvalue weighted by atomic mass is 35.5. The molecule has 0 heterocycles. The molecule has 5 heteroatoms. The summed E-state index contributed by atoms with van der Waals surface area (Å²) in [6.45, 7) is 7.14. The molecule has 120 valence electrons. The van der Waals surface area contributed by atoms with Gasteiger partial charge in [-0.3, -0.25) is 9.59 Å². The van der Waals surface area contributed by atoms with Gasteiger partial charge in [0.1, 0.15) is 0 Å². The monoisotopic (exact) mass is 322 g/mol. The van der Waals surface area contributed by atoms with Crippen LogP contribution in [0.5, 0.6) is 0 Å². The van der Waals surface area contributed by atoms with E-state index in [0.717, 1.165) is 11.1 Å². The number of benzene rings is 1. The molecule has 0 atom stereocenters. The summed E-state index contributed by atoms with van der Waals surface area (Å²) in [6, 6.07) is 5.61. The number of hydrogen-bond acceptors (Lipinski definition) is 2. The molecule has 0 aliphatic carbocycles. The summed E-state index contributed by atoms with van der Waals surface area (Å²) in [6.07, 6.45) is 3.16. The average molecular weight is 323 g/mol. The Hall–Kier alpha value is -1.81. The third-order valence-corrected chi connectivity index (χ3v) is 3.89. The van der Waals surface area contributed by atoms with Gasteiger partial charge in [0.05, 0.1) is 6.54 Å². The lowest BCUT2D eigenvalue weighted by Crippen LogP contribution is -2.40. The van der Waals surface area contributed by atoms with E-state index in [1.54, 1.807) is 18.0 Å². The summed E-state index contributed by atoms with van der Waals surface area (Å²) in [4.78, 5) is 27.1. The second kappa shape index (κ2) is 8.59. The van der Waals surface area contributed by atoms with Gasteiger partial charge in [-0.15, -0.1) is 0 Å². The SMILES string of the molecule is CCN(CC)C(=O)CN(C)C(=O)/C=C/c1ccc(C)c(Cl)c1. The van der Waals surface area contributed by atoms with Gasteiger partial charge >= 0.3 is 0 Å². The summed E-state index contributed by atoms with van der Waals surface area (Å²) in [5, 5.41) is 0.666. The molecule has 0 radical (unpaired) electrons. The van der Waals surface area contributed by atoms with E-state index in [2.05, 4.69) is 0 Å². The molecule has 1 rings (SSSR count). The zero-order valence-electron chi connectivity index (χ0n) is 13.6. The maximum atomic E-state index is 12.0. The molecule has 4 nitrogen and oxygen atoms in total. The van der Waals surface area contributed by atoms with Crippen LogP contribution >= 0.6 is 11.6 Å². The van der Waals surface area contributed by atoms with Crippen molar-refractivity contribution in [1.82, 2.24) is 9.80 Å². The van der Waals surface area contributed by atoms with Crippen LogP contribution in [0, 0.1) is 6.92 Å². The van der Waals surface area contributed by atoms with E-state index in [0.29, 0.717) is 18.1 Å². The first-order valence-corrected chi connectivity index (χ1v) is 7.73. The van der Waals surface area contributed by atoms with E-state index in [1.165, 1.54) is 11.0 Å². The predicted molar refractivity (Wildman–Crippen MR) is 90.8 cm³/mol. The number of carbonyl (C=O) groups is 2. The van der Waals surface area contributed by atoms with Crippen LogP contribution in [-0.4, -0.2) is 48.3 Å². The molecule has 0 N–H and O–H groups in total. The number of halogens is 1. The fourth-order valence-corrected chi connectivity index (χ4v) is 2.15. The summed E-state index contributed by atoms with van der Waals surface area (Å²) in [7, 11) is 1.62. The number of amides is 2. The van der Waals surface area contributed by atoms with E-state index >= 15 is 0 Å². The summed E-state index contributed by atoms with van der Waals surface area (Å²) < 4.78 is 0. The van der Waals surface area contributed by atoms with Crippen LogP contribution < -0.4 is 0 Å². The number of rotatable bonds is 6. The Bertz CT molecular complexity index is 566. The van der Waals surface area contributed by atoms with Crippen molar-refractivity contribution in [1.29, 1.82) is 0 Å². The van der Waals surface area contributed by atoms with Crippen LogP contribution in [0.2, 0.25) is 5.02 Å². The summed E-state index contributed by atoms with van der Waals surface area (Å²) in [5.74, 6) is -0.259. The van der Waals surface area contributed by atoms with E-state index in [1.807, 2.05) is 39.0 Å². The van der Waals surface area contributed by atoms with Gasteiger partial charge in [-0.05, 0) is 44.0 Å². The molecule has 0 unspecified atom stereocenters. The topological polar surface area (TPSA) is 40.6 Å². The highest BCUT2D eigenvalue weighted by molar-refractivity contribution is 6.31. The Kier molecular flexibility index (Phi) is 7.12. The molecule has 0 bridgehead atoms. The highest BCUT2D eigenvalue weighted by Crippen LogP contribution is 2.17. The van der Waals surface area contributed by atoms with Gasteiger partial charge in [0, 0.05) is 31.2 Å². The number of hydrogen-bond donors (Lipinski definition) is 0. The molecule has 0 fully saturated rings. The second-order valence-corrected chi connectivity index (χ2v) is 5.51. The Labute approximate surface area is 137 Å². The minimum atomic E-state index is -0.211. The molecule has 0 aromatic heterocycles. The zero-order valence-corrected chi connectivity index (χ0v) is 14.4. The van der Waals surface area contributed by atoms with Crippen molar-refractivity contribution in [3.63, 3.8) is 0 Å². The van der Waals surface area contributed by atoms with Gasteiger partial charge in [0.25, 0.3) is 0 Å².